The molecule has 24 heavy (non-hydrogen) atoms. The van der Waals surface area contributed by atoms with Crippen molar-refractivity contribution in [3.63, 3.8) is 0 Å². The fourth-order valence-corrected chi connectivity index (χ4v) is 3.35. The first kappa shape index (κ1) is 14.8. The first-order chi connectivity index (χ1) is 11.5. The Morgan fingerprint density at radius 2 is 1.88 bits per heavy atom. The predicted molar refractivity (Wildman–Crippen MR) is 82.8 cm³/mol. The zero-order valence-electron chi connectivity index (χ0n) is 11.9. The van der Waals surface area contributed by atoms with E-state index in [4.69, 9.17) is 0 Å². The fourth-order valence-electron chi connectivity index (χ4n) is 2.36. The summed E-state index contributed by atoms with van der Waals surface area (Å²) in [5, 5.41) is 11.4. The summed E-state index contributed by atoms with van der Waals surface area (Å²) < 4.78 is 41.3. The molecule has 0 radical (unpaired) electrons. The molecule has 5 nitrogen and oxygen atoms in total. The SMILES string of the molecule is FC(F)(F)c1cccc2sc(-c3cccc(-n4cnnn4)c3)nc12. The summed E-state index contributed by atoms with van der Waals surface area (Å²) in [7, 11) is 0. The van der Waals surface area contributed by atoms with Crippen LogP contribution in [0.4, 0.5) is 13.2 Å². The second-order valence-corrected chi connectivity index (χ2v) is 6.00. The van der Waals surface area contributed by atoms with Gasteiger partial charge in [0.05, 0.1) is 21.5 Å². The normalized spacial score (nSPS) is 12.0. The van der Waals surface area contributed by atoms with Crippen molar-refractivity contribution < 1.29 is 13.2 Å². The van der Waals surface area contributed by atoms with Crippen molar-refractivity contribution in [3.8, 4) is 16.3 Å². The van der Waals surface area contributed by atoms with E-state index in [1.807, 2.05) is 0 Å². The molecule has 4 aromatic rings. The largest absolute Gasteiger partial charge is 0.418 e. The Labute approximate surface area is 137 Å². The Balaban J connectivity index is 1.85. The highest BCUT2D eigenvalue weighted by Crippen LogP contribution is 2.38. The zero-order chi connectivity index (χ0) is 16.7. The number of alkyl halides is 3. The molecule has 9 heteroatoms. The van der Waals surface area contributed by atoms with Crippen LogP contribution in [0.2, 0.25) is 0 Å². The monoisotopic (exact) mass is 347 g/mol. The quantitative estimate of drug-likeness (QED) is 0.551. The summed E-state index contributed by atoms with van der Waals surface area (Å²) in [5.41, 5.74) is 0.655. The average molecular weight is 347 g/mol. The van der Waals surface area contributed by atoms with Crippen LogP contribution in [-0.2, 0) is 6.18 Å². The first-order valence-electron chi connectivity index (χ1n) is 6.83. The third-order valence-electron chi connectivity index (χ3n) is 3.43. The molecule has 120 valence electrons. The average Bonchev–Trinajstić information content (AvgIpc) is 3.23. The van der Waals surface area contributed by atoms with E-state index < -0.39 is 11.7 Å². The molecule has 0 unspecified atom stereocenters. The van der Waals surface area contributed by atoms with Crippen molar-refractivity contribution in [1.29, 1.82) is 0 Å². The molecule has 0 N–H and O–H groups in total. The van der Waals surface area contributed by atoms with Crippen molar-refractivity contribution in [2.24, 2.45) is 0 Å². The van der Waals surface area contributed by atoms with Gasteiger partial charge in [0.2, 0.25) is 0 Å². The van der Waals surface area contributed by atoms with Crippen molar-refractivity contribution in [1.82, 2.24) is 25.2 Å². The molecule has 0 bridgehead atoms. The number of hydrogen-bond acceptors (Lipinski definition) is 5. The molecule has 0 amide bonds. The number of fused-ring (bicyclic) bond motifs is 1. The number of tetrazole rings is 1. The molecule has 2 heterocycles. The predicted octanol–water partition coefficient (Wildman–Crippen LogP) is 3.96. The van der Waals surface area contributed by atoms with Crippen molar-refractivity contribution in [3.05, 3.63) is 54.4 Å². The van der Waals surface area contributed by atoms with Gasteiger partial charge in [-0.25, -0.2) is 9.67 Å². The summed E-state index contributed by atoms with van der Waals surface area (Å²) in [6.45, 7) is 0. The lowest BCUT2D eigenvalue weighted by atomic mass is 10.2. The topological polar surface area (TPSA) is 56.5 Å². The minimum absolute atomic E-state index is 0.0298. The second-order valence-electron chi connectivity index (χ2n) is 4.97. The fraction of sp³-hybridized carbons (Fsp3) is 0.0667. The van der Waals surface area contributed by atoms with E-state index in [2.05, 4.69) is 20.5 Å². The van der Waals surface area contributed by atoms with Gasteiger partial charge in [0, 0.05) is 5.56 Å². The number of benzene rings is 2. The number of rotatable bonds is 2. The first-order valence-corrected chi connectivity index (χ1v) is 7.64. The van der Waals surface area contributed by atoms with E-state index in [1.54, 1.807) is 30.3 Å². The Morgan fingerprint density at radius 1 is 1.04 bits per heavy atom. The van der Waals surface area contributed by atoms with Crippen LogP contribution in [0.3, 0.4) is 0 Å². The van der Waals surface area contributed by atoms with Crippen LogP contribution < -0.4 is 0 Å². The van der Waals surface area contributed by atoms with Gasteiger partial charge in [-0.2, -0.15) is 13.2 Å². The van der Waals surface area contributed by atoms with Gasteiger partial charge in [-0.05, 0) is 34.7 Å². The number of nitrogens with zero attached hydrogens (tertiary/aromatic N) is 5. The highest BCUT2D eigenvalue weighted by Gasteiger charge is 2.33. The van der Waals surface area contributed by atoms with Crippen LogP contribution in [-0.4, -0.2) is 25.2 Å². The van der Waals surface area contributed by atoms with Gasteiger partial charge in [0.15, 0.2) is 0 Å². The maximum absolute atomic E-state index is 13.1. The molecule has 2 aromatic heterocycles. The van der Waals surface area contributed by atoms with Crippen LogP contribution in [0.1, 0.15) is 5.56 Å². The summed E-state index contributed by atoms with van der Waals surface area (Å²) in [4.78, 5) is 4.21. The van der Waals surface area contributed by atoms with Gasteiger partial charge in [0.25, 0.3) is 0 Å². The van der Waals surface area contributed by atoms with Crippen LogP contribution >= 0.6 is 11.3 Å². The number of aromatic nitrogens is 5. The van der Waals surface area contributed by atoms with Gasteiger partial charge >= 0.3 is 6.18 Å². The molecule has 0 aliphatic heterocycles. The Morgan fingerprint density at radius 3 is 2.62 bits per heavy atom. The standard InChI is InChI=1S/C15H8F3N5S/c16-15(17,18)11-5-2-6-12-13(11)20-14(24-12)9-3-1-4-10(7-9)23-8-19-21-22-23/h1-8H. The third-order valence-corrected chi connectivity index (χ3v) is 4.50. The van der Waals surface area contributed by atoms with Gasteiger partial charge in [0.1, 0.15) is 11.3 Å². The van der Waals surface area contributed by atoms with Crippen LogP contribution in [0, 0.1) is 0 Å². The minimum atomic E-state index is -4.43. The molecule has 0 atom stereocenters. The smallest absolute Gasteiger partial charge is 0.235 e. The third kappa shape index (κ3) is 2.52. The highest BCUT2D eigenvalue weighted by atomic mass is 32.1. The number of hydrogen-bond donors (Lipinski definition) is 0. The number of para-hydroxylation sites is 1. The highest BCUT2D eigenvalue weighted by molar-refractivity contribution is 7.21. The summed E-state index contributed by atoms with van der Waals surface area (Å²) in [6.07, 6.45) is -2.99. The Bertz CT molecular complexity index is 1010. The van der Waals surface area contributed by atoms with Gasteiger partial charge in [-0.15, -0.1) is 16.4 Å². The van der Waals surface area contributed by atoms with Crippen LogP contribution in [0.15, 0.2) is 48.8 Å². The summed E-state index contributed by atoms with van der Waals surface area (Å²) in [6, 6.07) is 11.2. The molecule has 0 saturated carbocycles. The zero-order valence-corrected chi connectivity index (χ0v) is 12.7. The summed E-state index contributed by atoms with van der Waals surface area (Å²) in [5.74, 6) is 0. The van der Waals surface area contributed by atoms with Gasteiger partial charge < -0.3 is 0 Å². The van der Waals surface area contributed by atoms with E-state index in [9.17, 15) is 13.2 Å². The Hall–Kier alpha value is -2.81. The molecular weight excluding hydrogens is 339 g/mol. The van der Waals surface area contributed by atoms with Crippen LogP contribution in [0.25, 0.3) is 26.5 Å². The molecule has 0 aliphatic rings. The molecule has 0 saturated heterocycles. The van der Waals surface area contributed by atoms with Crippen molar-refractivity contribution >= 4 is 21.6 Å². The molecule has 0 aliphatic carbocycles. The molecular formula is C15H8F3N5S. The van der Waals surface area contributed by atoms with Crippen molar-refractivity contribution in [2.75, 3.05) is 0 Å². The lowest BCUT2D eigenvalue weighted by molar-refractivity contribution is -0.136. The molecule has 0 fully saturated rings. The molecule has 2 aromatic carbocycles. The lowest BCUT2D eigenvalue weighted by Crippen LogP contribution is -2.05. The maximum Gasteiger partial charge on any atom is 0.418 e. The van der Waals surface area contributed by atoms with E-state index in [0.29, 0.717) is 21.0 Å². The molecule has 4 rings (SSSR count). The number of thiazole rings is 1. The second kappa shape index (κ2) is 5.38. The van der Waals surface area contributed by atoms with E-state index in [1.165, 1.54) is 28.4 Å². The molecule has 0 spiro atoms. The maximum atomic E-state index is 13.1. The van der Waals surface area contributed by atoms with Crippen molar-refractivity contribution in [2.45, 2.75) is 6.18 Å². The lowest BCUT2D eigenvalue weighted by Gasteiger charge is -2.06. The number of halogens is 3. The van der Waals surface area contributed by atoms with E-state index in [0.717, 1.165) is 6.07 Å². The minimum Gasteiger partial charge on any atom is -0.235 e. The van der Waals surface area contributed by atoms with Crippen LogP contribution in [0.5, 0.6) is 0 Å². The summed E-state index contributed by atoms with van der Waals surface area (Å²) >= 11 is 1.21. The van der Waals surface area contributed by atoms with Gasteiger partial charge in [-0.3, -0.25) is 0 Å². The van der Waals surface area contributed by atoms with E-state index >= 15 is 0 Å². The Kier molecular flexibility index (Phi) is 3.31. The van der Waals surface area contributed by atoms with Gasteiger partial charge in [-0.1, -0.05) is 18.2 Å². The van der Waals surface area contributed by atoms with E-state index in [-0.39, 0.29) is 5.52 Å².